The predicted molar refractivity (Wildman–Crippen MR) is 107 cm³/mol. The molecule has 0 bridgehead atoms. The highest BCUT2D eigenvalue weighted by molar-refractivity contribution is 6.01. The van der Waals surface area contributed by atoms with Gasteiger partial charge in [-0.15, -0.1) is 0 Å². The molecule has 0 fully saturated rings. The van der Waals surface area contributed by atoms with Gasteiger partial charge in [-0.2, -0.15) is 0 Å². The van der Waals surface area contributed by atoms with E-state index in [1.54, 1.807) is 19.9 Å². The number of amides is 2. The number of anilines is 1. The molecule has 154 valence electrons. The zero-order valence-electron chi connectivity index (χ0n) is 16.6. The fourth-order valence-corrected chi connectivity index (χ4v) is 2.62. The number of carbonyl (C=O) groups is 2. The van der Waals surface area contributed by atoms with E-state index in [4.69, 9.17) is 9.47 Å². The number of non-ortho nitro benzene ring substituents is 1. The highest BCUT2D eigenvalue weighted by Crippen LogP contribution is 2.23. The predicted octanol–water partition coefficient (Wildman–Crippen LogP) is 3.01. The molecule has 0 aliphatic rings. The topological polar surface area (TPSA) is 120 Å². The average Bonchev–Trinajstić information content (AvgIpc) is 2.71. The highest BCUT2D eigenvalue weighted by atomic mass is 16.6. The van der Waals surface area contributed by atoms with Crippen LogP contribution in [0.4, 0.5) is 11.4 Å². The Labute approximate surface area is 168 Å². The molecule has 0 spiro atoms. The molecule has 2 aromatic carbocycles. The minimum Gasteiger partial charge on any atom is -0.497 e. The standard InChI is InChI=1S/C20H23N3O6/c1-12(2)18(20(25)21-14-6-5-7-15(10-14)23(26)27)22-19(24)13-8-16(28-3)11-17(9-13)29-4/h5-12,18H,1-4H3,(H,21,25)(H,22,24)/t18-/m0/s1. The molecule has 0 aromatic heterocycles. The molecule has 0 aliphatic carbocycles. The van der Waals surface area contributed by atoms with Gasteiger partial charge in [-0.3, -0.25) is 19.7 Å². The quantitative estimate of drug-likeness (QED) is 0.518. The van der Waals surface area contributed by atoms with Crippen LogP contribution in [-0.2, 0) is 4.79 Å². The Morgan fingerprint density at radius 3 is 2.17 bits per heavy atom. The maximum atomic E-state index is 12.7. The van der Waals surface area contributed by atoms with Gasteiger partial charge in [-0.1, -0.05) is 19.9 Å². The molecular weight excluding hydrogens is 378 g/mol. The van der Waals surface area contributed by atoms with Crippen LogP contribution in [0.15, 0.2) is 42.5 Å². The fourth-order valence-electron chi connectivity index (χ4n) is 2.62. The minimum atomic E-state index is -0.862. The summed E-state index contributed by atoms with van der Waals surface area (Å²) in [6.07, 6.45) is 0. The zero-order chi connectivity index (χ0) is 21.6. The molecule has 0 saturated carbocycles. The number of nitro groups is 1. The summed E-state index contributed by atoms with van der Waals surface area (Å²) in [5, 5.41) is 16.2. The Hall–Kier alpha value is -3.62. The summed E-state index contributed by atoms with van der Waals surface area (Å²) in [4.78, 5) is 35.8. The molecule has 9 heteroatoms. The lowest BCUT2D eigenvalue weighted by Gasteiger charge is -2.22. The summed E-state index contributed by atoms with van der Waals surface area (Å²) in [7, 11) is 2.94. The van der Waals surface area contributed by atoms with Crippen LogP contribution in [0.3, 0.4) is 0 Å². The van der Waals surface area contributed by atoms with Gasteiger partial charge >= 0.3 is 0 Å². The summed E-state index contributed by atoms with van der Waals surface area (Å²) in [6.45, 7) is 3.56. The van der Waals surface area contributed by atoms with Crippen molar-refractivity contribution in [3.8, 4) is 11.5 Å². The van der Waals surface area contributed by atoms with Crippen molar-refractivity contribution in [1.82, 2.24) is 5.32 Å². The van der Waals surface area contributed by atoms with Crippen LogP contribution in [0.1, 0.15) is 24.2 Å². The molecule has 0 saturated heterocycles. The number of hydrogen-bond acceptors (Lipinski definition) is 6. The lowest BCUT2D eigenvalue weighted by atomic mass is 10.0. The van der Waals surface area contributed by atoms with Gasteiger partial charge < -0.3 is 20.1 Å². The fraction of sp³-hybridized carbons (Fsp3) is 0.300. The number of nitrogens with zero attached hydrogens (tertiary/aromatic N) is 1. The van der Waals surface area contributed by atoms with E-state index >= 15 is 0 Å². The van der Waals surface area contributed by atoms with Crippen molar-refractivity contribution >= 4 is 23.2 Å². The smallest absolute Gasteiger partial charge is 0.271 e. The van der Waals surface area contributed by atoms with E-state index in [0.717, 1.165) is 0 Å². The number of ether oxygens (including phenoxy) is 2. The van der Waals surface area contributed by atoms with Gasteiger partial charge in [0.05, 0.1) is 19.1 Å². The SMILES string of the molecule is COc1cc(OC)cc(C(=O)N[C@H](C(=O)Nc2cccc([N+](=O)[O-])c2)C(C)C)c1. The summed E-state index contributed by atoms with van der Waals surface area (Å²) in [6, 6.07) is 9.43. The third kappa shape index (κ3) is 5.68. The number of rotatable bonds is 8. The first-order valence-corrected chi connectivity index (χ1v) is 8.84. The number of nitro benzene ring substituents is 1. The van der Waals surface area contributed by atoms with Crippen LogP contribution in [0.2, 0.25) is 0 Å². The number of hydrogen-bond donors (Lipinski definition) is 2. The van der Waals surface area contributed by atoms with Crippen LogP contribution >= 0.6 is 0 Å². The Kier molecular flexibility index (Phi) is 7.13. The molecule has 29 heavy (non-hydrogen) atoms. The summed E-state index contributed by atoms with van der Waals surface area (Å²) >= 11 is 0. The Bertz CT molecular complexity index is 891. The molecule has 9 nitrogen and oxygen atoms in total. The van der Waals surface area contributed by atoms with Crippen molar-refractivity contribution < 1.29 is 24.0 Å². The minimum absolute atomic E-state index is 0.142. The zero-order valence-corrected chi connectivity index (χ0v) is 16.6. The number of nitrogens with one attached hydrogen (secondary N) is 2. The average molecular weight is 401 g/mol. The normalized spacial score (nSPS) is 11.5. The van der Waals surface area contributed by atoms with Crippen LogP contribution in [0, 0.1) is 16.0 Å². The van der Waals surface area contributed by atoms with Crippen molar-refractivity contribution in [2.75, 3.05) is 19.5 Å². The van der Waals surface area contributed by atoms with Crippen molar-refractivity contribution in [2.24, 2.45) is 5.92 Å². The molecule has 0 unspecified atom stereocenters. The summed E-state index contributed by atoms with van der Waals surface area (Å²) in [5.41, 5.74) is 0.401. The van der Waals surface area contributed by atoms with Crippen molar-refractivity contribution in [3.63, 3.8) is 0 Å². The van der Waals surface area contributed by atoms with Crippen LogP contribution in [-0.4, -0.2) is 37.0 Å². The van der Waals surface area contributed by atoms with E-state index in [0.29, 0.717) is 11.5 Å². The molecular formula is C20H23N3O6. The lowest BCUT2D eigenvalue weighted by Crippen LogP contribution is -2.47. The largest absolute Gasteiger partial charge is 0.497 e. The van der Waals surface area contributed by atoms with Gasteiger partial charge in [0.25, 0.3) is 11.6 Å². The second kappa shape index (κ2) is 9.54. The van der Waals surface area contributed by atoms with Gasteiger partial charge in [0.1, 0.15) is 17.5 Å². The van der Waals surface area contributed by atoms with Gasteiger partial charge in [-0.25, -0.2) is 0 Å². The first kappa shape index (κ1) is 21.7. The summed E-state index contributed by atoms with van der Waals surface area (Å²) < 4.78 is 10.3. The highest BCUT2D eigenvalue weighted by Gasteiger charge is 2.25. The van der Waals surface area contributed by atoms with E-state index < -0.39 is 22.8 Å². The third-order valence-corrected chi connectivity index (χ3v) is 4.17. The third-order valence-electron chi connectivity index (χ3n) is 4.17. The lowest BCUT2D eigenvalue weighted by molar-refractivity contribution is -0.384. The molecule has 1 atom stereocenters. The van der Waals surface area contributed by atoms with Crippen LogP contribution < -0.4 is 20.1 Å². The van der Waals surface area contributed by atoms with Crippen molar-refractivity contribution in [2.45, 2.75) is 19.9 Å². The van der Waals surface area contributed by atoms with E-state index in [1.807, 2.05) is 0 Å². The van der Waals surface area contributed by atoms with Crippen LogP contribution in [0.5, 0.6) is 11.5 Å². The van der Waals surface area contributed by atoms with Gasteiger partial charge in [0.15, 0.2) is 0 Å². The maximum absolute atomic E-state index is 12.7. The van der Waals surface area contributed by atoms with E-state index in [1.165, 1.54) is 50.6 Å². The van der Waals surface area contributed by atoms with Gasteiger partial charge in [0, 0.05) is 29.4 Å². The Balaban J connectivity index is 2.19. The molecule has 0 heterocycles. The number of carbonyl (C=O) groups excluding carboxylic acids is 2. The van der Waals surface area contributed by atoms with E-state index in [-0.39, 0.29) is 22.9 Å². The first-order valence-electron chi connectivity index (χ1n) is 8.84. The second-order valence-electron chi connectivity index (χ2n) is 6.59. The first-order chi connectivity index (χ1) is 13.7. The van der Waals surface area contributed by atoms with Gasteiger partial charge in [0.2, 0.25) is 5.91 Å². The summed E-state index contributed by atoms with van der Waals surface area (Å²) in [5.74, 6) is -0.308. The van der Waals surface area contributed by atoms with Crippen molar-refractivity contribution in [3.05, 3.63) is 58.1 Å². The van der Waals surface area contributed by atoms with Crippen molar-refractivity contribution in [1.29, 1.82) is 0 Å². The van der Waals surface area contributed by atoms with E-state index in [9.17, 15) is 19.7 Å². The molecule has 0 radical (unpaired) electrons. The molecule has 2 N–H and O–H groups in total. The Morgan fingerprint density at radius 2 is 1.66 bits per heavy atom. The maximum Gasteiger partial charge on any atom is 0.271 e. The molecule has 2 amide bonds. The second-order valence-corrected chi connectivity index (χ2v) is 6.59. The van der Waals surface area contributed by atoms with E-state index in [2.05, 4.69) is 10.6 Å². The number of methoxy groups -OCH3 is 2. The molecule has 0 aliphatic heterocycles. The van der Waals surface area contributed by atoms with Gasteiger partial charge in [-0.05, 0) is 24.1 Å². The molecule has 2 rings (SSSR count). The van der Waals surface area contributed by atoms with Crippen LogP contribution in [0.25, 0.3) is 0 Å². The molecule has 2 aromatic rings. The number of benzene rings is 2. The monoisotopic (exact) mass is 401 g/mol. The Morgan fingerprint density at radius 1 is 1.03 bits per heavy atom.